The number of carbonyl (C=O) groups is 1. The van der Waals surface area contributed by atoms with Crippen LogP contribution >= 0.6 is 0 Å². The summed E-state index contributed by atoms with van der Waals surface area (Å²) in [6, 6.07) is 15.4. The van der Waals surface area contributed by atoms with E-state index in [0.29, 0.717) is 12.0 Å². The van der Waals surface area contributed by atoms with Crippen molar-refractivity contribution in [1.82, 2.24) is 0 Å². The minimum absolute atomic E-state index is 0.00146. The molecule has 0 saturated heterocycles. The summed E-state index contributed by atoms with van der Waals surface area (Å²) in [7, 11) is 2.45. The molecule has 0 fully saturated rings. The highest BCUT2D eigenvalue weighted by Gasteiger charge is 2.64. The minimum atomic E-state index is -5.02. The summed E-state index contributed by atoms with van der Waals surface area (Å²) in [5, 5.41) is 0. The van der Waals surface area contributed by atoms with Gasteiger partial charge in [0, 0.05) is 26.2 Å². The Labute approximate surface area is 180 Å². The van der Waals surface area contributed by atoms with E-state index in [9.17, 15) is 18.0 Å². The molecule has 0 spiro atoms. The van der Waals surface area contributed by atoms with Crippen molar-refractivity contribution in [2.45, 2.75) is 43.8 Å². The first-order valence-electron chi connectivity index (χ1n) is 9.87. The average molecular weight is 436 g/mol. The highest BCUT2D eigenvalue weighted by molar-refractivity contribution is 5.83. The van der Waals surface area contributed by atoms with Crippen LogP contribution in [0.4, 0.5) is 13.2 Å². The van der Waals surface area contributed by atoms with Gasteiger partial charge in [-0.1, -0.05) is 72.8 Å². The second kappa shape index (κ2) is 11.1. The first-order chi connectivity index (χ1) is 14.8. The number of esters is 1. The number of hydrogen-bond acceptors (Lipinski definition) is 4. The van der Waals surface area contributed by atoms with Crippen LogP contribution < -0.4 is 0 Å². The van der Waals surface area contributed by atoms with Crippen molar-refractivity contribution in [1.29, 1.82) is 0 Å². The molecule has 0 aliphatic heterocycles. The smallest absolute Gasteiger partial charge is 0.432 e. The summed E-state index contributed by atoms with van der Waals surface area (Å²) >= 11 is 0. The van der Waals surface area contributed by atoms with Gasteiger partial charge in [-0.15, -0.1) is 0 Å². The summed E-state index contributed by atoms with van der Waals surface area (Å²) in [5.74, 6) is -1.51. The molecular weight excluding hydrogens is 409 g/mol. The Hall–Kier alpha value is -2.64. The van der Waals surface area contributed by atoms with Crippen LogP contribution in [0.25, 0.3) is 0 Å². The van der Waals surface area contributed by atoms with E-state index in [1.165, 1.54) is 24.3 Å². The molecule has 2 aromatic carbocycles. The number of rotatable bonds is 10. The summed E-state index contributed by atoms with van der Waals surface area (Å²) in [4.78, 5) is 13.0. The fraction of sp³-hybridized carbons (Fsp3) is 0.375. The van der Waals surface area contributed by atoms with Crippen LogP contribution in [0.5, 0.6) is 0 Å². The van der Waals surface area contributed by atoms with Gasteiger partial charge in [-0.3, -0.25) is 0 Å². The van der Waals surface area contributed by atoms with Crippen molar-refractivity contribution in [3.63, 3.8) is 0 Å². The fourth-order valence-electron chi connectivity index (χ4n) is 3.12. The maximum atomic E-state index is 14.1. The van der Waals surface area contributed by atoms with E-state index in [0.717, 1.165) is 7.11 Å². The molecule has 2 rings (SSSR count). The van der Waals surface area contributed by atoms with Crippen molar-refractivity contribution in [3.8, 4) is 0 Å². The Bertz CT molecular complexity index is 837. The van der Waals surface area contributed by atoms with Crippen LogP contribution in [0.1, 0.15) is 37.0 Å². The molecular formula is C24H27F3O4. The van der Waals surface area contributed by atoms with E-state index in [-0.39, 0.29) is 18.1 Å². The summed E-state index contributed by atoms with van der Waals surface area (Å²) < 4.78 is 57.9. The number of methoxy groups -OCH3 is 2. The maximum Gasteiger partial charge on any atom is 0.432 e. The van der Waals surface area contributed by atoms with Gasteiger partial charge in [-0.05, 0) is 18.9 Å². The van der Waals surface area contributed by atoms with Crippen molar-refractivity contribution in [2.75, 3.05) is 14.2 Å². The van der Waals surface area contributed by atoms with Crippen LogP contribution in [-0.2, 0) is 24.6 Å². The SMILES string of the molecule is CO[C@H](C)C/C=C\C[C@@H](OC(=O)[C@](OC)(c1ccccc1)C(F)(F)F)c1ccccc1. The van der Waals surface area contributed by atoms with Crippen molar-refractivity contribution in [2.24, 2.45) is 0 Å². The molecule has 168 valence electrons. The number of hydrogen-bond donors (Lipinski definition) is 0. The number of carbonyl (C=O) groups excluding carboxylic acids is 1. The Balaban J connectivity index is 2.35. The molecule has 0 aliphatic carbocycles. The molecule has 0 aromatic heterocycles. The number of ether oxygens (including phenoxy) is 3. The van der Waals surface area contributed by atoms with Gasteiger partial charge in [0.1, 0.15) is 6.10 Å². The van der Waals surface area contributed by atoms with E-state index >= 15 is 0 Å². The zero-order valence-corrected chi connectivity index (χ0v) is 17.8. The van der Waals surface area contributed by atoms with Crippen LogP contribution in [-0.4, -0.2) is 32.5 Å². The van der Waals surface area contributed by atoms with Crippen LogP contribution in [0.2, 0.25) is 0 Å². The monoisotopic (exact) mass is 436 g/mol. The fourth-order valence-corrected chi connectivity index (χ4v) is 3.12. The van der Waals surface area contributed by atoms with E-state index < -0.39 is 23.9 Å². The van der Waals surface area contributed by atoms with Gasteiger partial charge >= 0.3 is 12.1 Å². The van der Waals surface area contributed by atoms with Gasteiger partial charge in [0.15, 0.2) is 0 Å². The van der Waals surface area contributed by atoms with E-state index in [2.05, 4.69) is 0 Å². The number of halogens is 3. The topological polar surface area (TPSA) is 44.8 Å². The molecule has 0 saturated carbocycles. The van der Waals surface area contributed by atoms with Crippen molar-refractivity contribution < 1.29 is 32.2 Å². The van der Waals surface area contributed by atoms with Crippen molar-refractivity contribution in [3.05, 3.63) is 83.9 Å². The quantitative estimate of drug-likeness (QED) is 0.352. The van der Waals surface area contributed by atoms with Gasteiger partial charge in [0.2, 0.25) is 0 Å². The Morgan fingerprint density at radius 3 is 2.00 bits per heavy atom. The van der Waals surface area contributed by atoms with Gasteiger partial charge < -0.3 is 14.2 Å². The van der Waals surface area contributed by atoms with E-state index in [1.54, 1.807) is 49.6 Å². The lowest BCUT2D eigenvalue weighted by atomic mass is 9.92. The lowest BCUT2D eigenvalue weighted by Gasteiger charge is -2.33. The lowest BCUT2D eigenvalue weighted by Crippen LogP contribution is -2.52. The standard InChI is InChI=1S/C24H27F3O4/c1-18(29-2)12-10-11-17-21(19-13-6-4-7-14-19)31-22(28)23(30-3,24(25,26)27)20-15-8-5-9-16-20/h4-11,13-16,18,21H,12,17H2,1-3H3/b11-10-/t18-,21-,23-/m1/s1. The average Bonchev–Trinajstić information content (AvgIpc) is 2.76. The molecule has 7 heteroatoms. The number of benzene rings is 2. The molecule has 2 aromatic rings. The number of alkyl halides is 3. The molecule has 0 aliphatic rings. The summed E-state index contributed by atoms with van der Waals surface area (Å²) in [6.45, 7) is 1.90. The predicted molar refractivity (Wildman–Crippen MR) is 111 cm³/mol. The Kier molecular flexibility index (Phi) is 8.83. The zero-order valence-electron chi connectivity index (χ0n) is 17.8. The van der Waals surface area contributed by atoms with Crippen LogP contribution in [0.15, 0.2) is 72.8 Å². The molecule has 0 bridgehead atoms. The first-order valence-corrected chi connectivity index (χ1v) is 9.87. The van der Waals surface area contributed by atoms with Gasteiger partial charge in [0.05, 0.1) is 6.10 Å². The maximum absolute atomic E-state index is 14.1. The highest BCUT2D eigenvalue weighted by Crippen LogP contribution is 2.44. The van der Waals surface area contributed by atoms with E-state index in [1.807, 2.05) is 13.0 Å². The van der Waals surface area contributed by atoms with Crippen LogP contribution in [0.3, 0.4) is 0 Å². The Morgan fingerprint density at radius 2 is 1.48 bits per heavy atom. The molecule has 31 heavy (non-hydrogen) atoms. The third-order valence-corrected chi connectivity index (χ3v) is 4.98. The molecule has 0 N–H and O–H groups in total. The normalized spacial score (nSPS) is 15.9. The minimum Gasteiger partial charge on any atom is -0.454 e. The first kappa shape index (κ1) is 24.6. The summed E-state index contributed by atoms with van der Waals surface area (Å²) in [6.07, 6.45) is -1.49. The molecule has 0 heterocycles. The zero-order chi connectivity index (χ0) is 22.9. The van der Waals surface area contributed by atoms with Crippen molar-refractivity contribution >= 4 is 5.97 Å². The molecule has 0 radical (unpaired) electrons. The second-order valence-electron chi connectivity index (χ2n) is 7.04. The van der Waals surface area contributed by atoms with Crippen LogP contribution in [0, 0.1) is 0 Å². The molecule has 0 unspecified atom stereocenters. The van der Waals surface area contributed by atoms with Gasteiger partial charge in [0.25, 0.3) is 5.60 Å². The van der Waals surface area contributed by atoms with Gasteiger partial charge in [-0.2, -0.15) is 13.2 Å². The third-order valence-electron chi connectivity index (χ3n) is 4.98. The second-order valence-corrected chi connectivity index (χ2v) is 7.04. The summed E-state index contributed by atoms with van der Waals surface area (Å²) in [5.41, 5.74) is -2.98. The van der Waals surface area contributed by atoms with E-state index in [4.69, 9.17) is 14.2 Å². The predicted octanol–water partition coefficient (Wildman–Crippen LogP) is 5.75. The Morgan fingerprint density at radius 1 is 0.935 bits per heavy atom. The molecule has 3 atom stereocenters. The molecule has 0 amide bonds. The highest BCUT2D eigenvalue weighted by atomic mass is 19.4. The molecule has 4 nitrogen and oxygen atoms in total. The third kappa shape index (κ3) is 5.95. The largest absolute Gasteiger partial charge is 0.454 e. The lowest BCUT2D eigenvalue weighted by molar-refractivity contribution is -0.278. The van der Waals surface area contributed by atoms with Gasteiger partial charge in [-0.25, -0.2) is 4.79 Å².